The van der Waals surface area contributed by atoms with Crippen molar-refractivity contribution in [3.8, 4) is 0 Å². The summed E-state index contributed by atoms with van der Waals surface area (Å²) in [6.45, 7) is 6.87. The molecule has 7 nitrogen and oxygen atoms in total. The number of carbonyl (C=O) groups excluding carboxylic acids is 2. The molecule has 0 atom stereocenters. The standard InChI is InChI=1S/C18H23ClN4O3S/c1-4-7-20-17(26)22-15(24)10-27-18-21-14-6-5-12(19)8-13(14)16(25)23(18)9-11(2)3/h5-6,8,11H,4,7,9-10H2,1-3H3,(H2,20,22,24,26). The van der Waals surface area contributed by atoms with Gasteiger partial charge in [0.05, 0.1) is 16.7 Å². The monoisotopic (exact) mass is 410 g/mol. The van der Waals surface area contributed by atoms with Gasteiger partial charge in [-0.05, 0) is 30.5 Å². The van der Waals surface area contributed by atoms with E-state index in [1.54, 1.807) is 22.8 Å². The highest BCUT2D eigenvalue weighted by Crippen LogP contribution is 2.21. The molecule has 1 aromatic heterocycles. The van der Waals surface area contributed by atoms with Crippen LogP contribution in [-0.2, 0) is 11.3 Å². The van der Waals surface area contributed by atoms with Crippen LogP contribution in [0.1, 0.15) is 27.2 Å². The Morgan fingerprint density at radius 3 is 2.74 bits per heavy atom. The van der Waals surface area contributed by atoms with E-state index in [1.165, 1.54) is 0 Å². The molecule has 0 fully saturated rings. The van der Waals surface area contributed by atoms with Gasteiger partial charge in [0.25, 0.3) is 5.56 Å². The third-order valence-electron chi connectivity index (χ3n) is 3.55. The van der Waals surface area contributed by atoms with Crippen molar-refractivity contribution >= 4 is 46.2 Å². The molecule has 0 radical (unpaired) electrons. The summed E-state index contributed by atoms with van der Waals surface area (Å²) in [7, 11) is 0. The zero-order chi connectivity index (χ0) is 20.0. The lowest BCUT2D eigenvalue weighted by Gasteiger charge is -2.15. The van der Waals surface area contributed by atoms with E-state index < -0.39 is 11.9 Å². The van der Waals surface area contributed by atoms with Gasteiger partial charge in [-0.15, -0.1) is 0 Å². The highest BCUT2D eigenvalue weighted by molar-refractivity contribution is 7.99. The van der Waals surface area contributed by atoms with Crippen LogP contribution in [0.15, 0.2) is 28.2 Å². The van der Waals surface area contributed by atoms with Gasteiger partial charge in [-0.1, -0.05) is 44.1 Å². The summed E-state index contributed by atoms with van der Waals surface area (Å²) in [6, 6.07) is 4.43. The number of rotatable bonds is 7. The normalized spacial score (nSPS) is 11.0. The fraction of sp³-hybridized carbons (Fsp3) is 0.444. The maximum Gasteiger partial charge on any atom is 0.321 e. The number of amides is 3. The number of benzene rings is 1. The third kappa shape index (κ3) is 5.97. The van der Waals surface area contributed by atoms with Crippen LogP contribution < -0.4 is 16.2 Å². The second kappa shape index (κ2) is 9.75. The highest BCUT2D eigenvalue weighted by Gasteiger charge is 2.15. The van der Waals surface area contributed by atoms with E-state index in [2.05, 4.69) is 15.6 Å². The number of nitrogens with one attached hydrogen (secondary N) is 2. The van der Waals surface area contributed by atoms with Gasteiger partial charge in [0.1, 0.15) is 0 Å². The molecule has 0 saturated heterocycles. The molecule has 1 aromatic carbocycles. The van der Waals surface area contributed by atoms with Crippen LogP contribution in [0.25, 0.3) is 10.9 Å². The van der Waals surface area contributed by atoms with E-state index in [1.807, 2.05) is 20.8 Å². The van der Waals surface area contributed by atoms with Gasteiger partial charge in [-0.2, -0.15) is 0 Å². The molecule has 2 N–H and O–H groups in total. The van der Waals surface area contributed by atoms with Crippen molar-refractivity contribution in [2.75, 3.05) is 12.3 Å². The number of nitrogens with zero attached hydrogens (tertiary/aromatic N) is 2. The fourth-order valence-corrected chi connectivity index (χ4v) is 3.37. The van der Waals surface area contributed by atoms with Crippen molar-refractivity contribution in [3.05, 3.63) is 33.6 Å². The van der Waals surface area contributed by atoms with Crippen molar-refractivity contribution < 1.29 is 9.59 Å². The minimum atomic E-state index is -0.525. The average Bonchev–Trinajstić information content (AvgIpc) is 2.61. The fourth-order valence-electron chi connectivity index (χ4n) is 2.38. The Morgan fingerprint density at radius 2 is 2.07 bits per heavy atom. The van der Waals surface area contributed by atoms with Crippen LogP contribution in [0.2, 0.25) is 5.02 Å². The molecule has 0 saturated carbocycles. The molecule has 0 aliphatic heterocycles. The molecular weight excluding hydrogens is 388 g/mol. The maximum absolute atomic E-state index is 12.9. The van der Waals surface area contributed by atoms with Crippen LogP contribution in [0.4, 0.5) is 4.79 Å². The number of aromatic nitrogens is 2. The van der Waals surface area contributed by atoms with E-state index in [0.717, 1.165) is 18.2 Å². The lowest BCUT2D eigenvalue weighted by molar-refractivity contribution is -0.117. The van der Waals surface area contributed by atoms with Gasteiger partial charge in [0.15, 0.2) is 5.16 Å². The van der Waals surface area contributed by atoms with Gasteiger partial charge in [0.2, 0.25) is 5.91 Å². The van der Waals surface area contributed by atoms with Crippen molar-refractivity contribution in [1.82, 2.24) is 20.2 Å². The number of hydrogen-bond donors (Lipinski definition) is 2. The van der Waals surface area contributed by atoms with E-state index >= 15 is 0 Å². The number of hydrogen-bond acceptors (Lipinski definition) is 5. The topological polar surface area (TPSA) is 93.1 Å². The molecule has 0 aliphatic carbocycles. The summed E-state index contributed by atoms with van der Waals surface area (Å²) in [5, 5.41) is 6.18. The van der Waals surface area contributed by atoms with Crippen LogP contribution in [0, 0.1) is 5.92 Å². The molecule has 0 unspecified atom stereocenters. The SMILES string of the molecule is CCCNC(=O)NC(=O)CSc1nc2ccc(Cl)cc2c(=O)n1CC(C)C. The predicted octanol–water partition coefficient (Wildman–Crippen LogP) is 3.03. The van der Waals surface area contributed by atoms with E-state index in [0.29, 0.717) is 34.2 Å². The number of urea groups is 1. The quantitative estimate of drug-likeness (QED) is 0.540. The summed E-state index contributed by atoms with van der Waals surface area (Å²) in [5.41, 5.74) is 0.327. The van der Waals surface area contributed by atoms with Gasteiger partial charge in [0, 0.05) is 18.1 Å². The molecule has 3 amide bonds. The molecule has 146 valence electrons. The summed E-state index contributed by atoms with van der Waals surface area (Å²) in [6.07, 6.45) is 0.781. The first-order valence-corrected chi connectivity index (χ1v) is 10.1. The lowest BCUT2D eigenvalue weighted by Crippen LogP contribution is -2.40. The first-order chi connectivity index (χ1) is 12.8. The Kier molecular flexibility index (Phi) is 7.67. The number of fused-ring (bicyclic) bond motifs is 1. The minimum Gasteiger partial charge on any atom is -0.338 e. The Labute approximate surface area is 166 Å². The predicted molar refractivity (Wildman–Crippen MR) is 108 cm³/mol. The number of carbonyl (C=O) groups is 2. The van der Waals surface area contributed by atoms with Crippen LogP contribution in [0.5, 0.6) is 0 Å². The second-order valence-corrected chi connectivity index (χ2v) is 7.84. The molecule has 27 heavy (non-hydrogen) atoms. The summed E-state index contributed by atoms with van der Waals surface area (Å²) in [5.74, 6) is -0.257. The van der Waals surface area contributed by atoms with E-state index in [9.17, 15) is 14.4 Å². The van der Waals surface area contributed by atoms with Gasteiger partial charge in [-0.3, -0.25) is 19.5 Å². The van der Waals surface area contributed by atoms with E-state index in [4.69, 9.17) is 11.6 Å². The minimum absolute atomic E-state index is 0.0246. The zero-order valence-electron chi connectivity index (χ0n) is 15.5. The number of thioether (sulfide) groups is 1. The van der Waals surface area contributed by atoms with Gasteiger partial charge in [-0.25, -0.2) is 9.78 Å². The first kappa shape index (κ1) is 21.2. The average molecular weight is 411 g/mol. The lowest BCUT2D eigenvalue weighted by atomic mass is 10.2. The van der Waals surface area contributed by atoms with Crippen molar-refractivity contribution in [1.29, 1.82) is 0 Å². The molecule has 2 aromatic rings. The Morgan fingerprint density at radius 1 is 1.33 bits per heavy atom. The second-order valence-electron chi connectivity index (χ2n) is 6.46. The van der Waals surface area contributed by atoms with Gasteiger partial charge < -0.3 is 5.32 Å². The molecule has 2 rings (SSSR count). The van der Waals surface area contributed by atoms with Gasteiger partial charge >= 0.3 is 6.03 Å². The number of halogens is 1. The van der Waals surface area contributed by atoms with Crippen molar-refractivity contribution in [3.63, 3.8) is 0 Å². The number of imide groups is 1. The Bertz CT molecular complexity index is 898. The Balaban J connectivity index is 2.23. The van der Waals surface area contributed by atoms with Crippen molar-refractivity contribution in [2.24, 2.45) is 5.92 Å². The Hall–Kier alpha value is -2.06. The highest BCUT2D eigenvalue weighted by atomic mass is 35.5. The van der Waals surface area contributed by atoms with Crippen molar-refractivity contribution in [2.45, 2.75) is 38.9 Å². The smallest absolute Gasteiger partial charge is 0.321 e. The largest absolute Gasteiger partial charge is 0.338 e. The van der Waals surface area contributed by atoms with Crippen LogP contribution in [0.3, 0.4) is 0 Å². The molecular formula is C18H23ClN4O3S. The molecule has 1 heterocycles. The molecule has 0 spiro atoms. The molecule has 0 aliphatic rings. The molecule has 9 heteroatoms. The summed E-state index contributed by atoms with van der Waals surface area (Å²) < 4.78 is 1.55. The first-order valence-electron chi connectivity index (χ1n) is 8.72. The molecule has 0 bridgehead atoms. The van der Waals surface area contributed by atoms with E-state index in [-0.39, 0.29) is 17.2 Å². The maximum atomic E-state index is 12.9. The summed E-state index contributed by atoms with van der Waals surface area (Å²) in [4.78, 5) is 40.9. The zero-order valence-corrected chi connectivity index (χ0v) is 17.1. The van der Waals surface area contributed by atoms with Crippen LogP contribution >= 0.6 is 23.4 Å². The third-order valence-corrected chi connectivity index (χ3v) is 4.76. The van der Waals surface area contributed by atoms with Crippen LogP contribution in [-0.4, -0.2) is 33.8 Å². The summed E-state index contributed by atoms with van der Waals surface area (Å²) >= 11 is 7.13.